The Morgan fingerprint density at radius 2 is 1.90 bits per heavy atom. The summed E-state index contributed by atoms with van der Waals surface area (Å²) >= 11 is 1.41. The molecule has 0 aliphatic carbocycles. The van der Waals surface area contributed by atoms with Crippen LogP contribution in [-0.2, 0) is 6.54 Å². The number of nitroso groups, excluding NO2 is 1. The Balaban J connectivity index is 2.27. The molecule has 20 heavy (non-hydrogen) atoms. The highest BCUT2D eigenvalue weighted by Gasteiger charge is 2.14. The summed E-state index contributed by atoms with van der Waals surface area (Å²) in [6.45, 7) is 0.567. The molecule has 2 N–H and O–H groups in total. The minimum absolute atomic E-state index is 0.196. The SMILES string of the molecule is CNc1nc(SC)nc(NCc2ccccc2)c1N=O. The van der Waals surface area contributed by atoms with Crippen LogP contribution in [-0.4, -0.2) is 23.3 Å². The first-order valence-electron chi connectivity index (χ1n) is 6.03. The van der Waals surface area contributed by atoms with E-state index in [0.29, 0.717) is 23.3 Å². The molecule has 0 unspecified atom stereocenters. The highest BCUT2D eigenvalue weighted by molar-refractivity contribution is 7.98. The number of nitrogens with zero attached hydrogens (tertiary/aromatic N) is 3. The van der Waals surface area contributed by atoms with Crippen molar-refractivity contribution < 1.29 is 0 Å². The number of benzene rings is 1. The molecule has 2 rings (SSSR count). The van der Waals surface area contributed by atoms with Crippen LogP contribution >= 0.6 is 11.8 Å². The maximum absolute atomic E-state index is 11.0. The Kier molecular flexibility index (Phi) is 4.89. The summed E-state index contributed by atoms with van der Waals surface area (Å²) < 4.78 is 0. The van der Waals surface area contributed by atoms with Crippen molar-refractivity contribution in [2.45, 2.75) is 11.7 Å². The van der Waals surface area contributed by atoms with Crippen molar-refractivity contribution in [3.05, 3.63) is 40.8 Å². The molecule has 0 fully saturated rings. The Hall–Kier alpha value is -2.15. The van der Waals surface area contributed by atoms with Crippen molar-refractivity contribution in [1.82, 2.24) is 9.97 Å². The minimum Gasteiger partial charge on any atom is -0.371 e. The molecule has 1 aromatic heterocycles. The first-order chi connectivity index (χ1) is 9.78. The molecule has 2 aromatic rings. The first kappa shape index (κ1) is 14.3. The lowest BCUT2D eigenvalue weighted by Crippen LogP contribution is -2.05. The second-order valence-electron chi connectivity index (χ2n) is 3.94. The summed E-state index contributed by atoms with van der Waals surface area (Å²) in [6.07, 6.45) is 1.88. The van der Waals surface area contributed by atoms with E-state index in [1.54, 1.807) is 7.05 Å². The van der Waals surface area contributed by atoms with E-state index in [1.807, 2.05) is 36.6 Å². The lowest BCUT2D eigenvalue weighted by molar-refractivity contribution is 0.956. The average molecular weight is 289 g/mol. The average Bonchev–Trinajstić information content (AvgIpc) is 2.52. The van der Waals surface area contributed by atoms with E-state index in [-0.39, 0.29) is 5.69 Å². The molecular formula is C13H15N5OS. The Labute approximate surface area is 121 Å². The largest absolute Gasteiger partial charge is 0.371 e. The molecule has 1 heterocycles. The zero-order valence-corrected chi connectivity index (χ0v) is 12.1. The maximum Gasteiger partial charge on any atom is 0.192 e. The third-order valence-corrected chi connectivity index (χ3v) is 3.22. The second kappa shape index (κ2) is 6.85. The zero-order valence-electron chi connectivity index (χ0n) is 11.3. The van der Waals surface area contributed by atoms with Crippen LogP contribution in [0.4, 0.5) is 17.3 Å². The molecule has 1 aromatic carbocycles. The molecule has 0 saturated carbocycles. The van der Waals surface area contributed by atoms with Gasteiger partial charge in [-0.05, 0) is 17.0 Å². The Bertz CT molecular complexity index is 591. The number of hydrogen-bond donors (Lipinski definition) is 2. The van der Waals surface area contributed by atoms with Crippen molar-refractivity contribution >= 4 is 29.1 Å². The lowest BCUT2D eigenvalue weighted by atomic mass is 10.2. The predicted molar refractivity (Wildman–Crippen MR) is 82.6 cm³/mol. The highest BCUT2D eigenvalue weighted by atomic mass is 32.2. The molecular weight excluding hydrogens is 274 g/mol. The molecule has 0 saturated heterocycles. The molecule has 0 radical (unpaired) electrons. The highest BCUT2D eigenvalue weighted by Crippen LogP contribution is 2.32. The van der Waals surface area contributed by atoms with Gasteiger partial charge in [-0.2, -0.15) is 0 Å². The summed E-state index contributed by atoms with van der Waals surface area (Å²) in [6, 6.07) is 9.87. The van der Waals surface area contributed by atoms with E-state index in [4.69, 9.17) is 0 Å². The van der Waals surface area contributed by atoms with E-state index in [1.165, 1.54) is 11.8 Å². The van der Waals surface area contributed by atoms with Crippen LogP contribution < -0.4 is 10.6 Å². The molecule has 6 nitrogen and oxygen atoms in total. The van der Waals surface area contributed by atoms with Gasteiger partial charge in [0.2, 0.25) is 0 Å². The predicted octanol–water partition coefficient (Wildman–Crippen LogP) is 3.25. The Morgan fingerprint density at radius 3 is 2.50 bits per heavy atom. The molecule has 0 atom stereocenters. The number of hydrogen-bond acceptors (Lipinski definition) is 7. The second-order valence-corrected chi connectivity index (χ2v) is 4.71. The maximum atomic E-state index is 11.0. The van der Waals surface area contributed by atoms with Crippen LogP contribution in [0.25, 0.3) is 0 Å². The molecule has 7 heteroatoms. The van der Waals surface area contributed by atoms with Gasteiger partial charge >= 0.3 is 0 Å². The van der Waals surface area contributed by atoms with Gasteiger partial charge in [0, 0.05) is 13.6 Å². The third-order valence-electron chi connectivity index (χ3n) is 2.68. The zero-order chi connectivity index (χ0) is 14.4. The number of nitrogens with one attached hydrogen (secondary N) is 2. The van der Waals surface area contributed by atoms with Crippen LogP contribution in [0.15, 0.2) is 40.7 Å². The summed E-state index contributed by atoms with van der Waals surface area (Å²) in [7, 11) is 1.70. The number of anilines is 2. The number of thioether (sulfide) groups is 1. The Morgan fingerprint density at radius 1 is 1.20 bits per heavy atom. The summed E-state index contributed by atoms with van der Waals surface area (Å²) in [5, 5.41) is 9.59. The molecule has 0 aliphatic rings. The van der Waals surface area contributed by atoms with Crippen molar-refractivity contribution in [2.24, 2.45) is 5.18 Å². The van der Waals surface area contributed by atoms with E-state index >= 15 is 0 Å². The van der Waals surface area contributed by atoms with Gasteiger partial charge in [0.1, 0.15) is 0 Å². The minimum atomic E-state index is 0.196. The van der Waals surface area contributed by atoms with E-state index < -0.39 is 0 Å². The van der Waals surface area contributed by atoms with Crippen LogP contribution in [0.1, 0.15) is 5.56 Å². The number of aromatic nitrogens is 2. The number of rotatable bonds is 6. The first-order valence-corrected chi connectivity index (χ1v) is 7.26. The monoisotopic (exact) mass is 289 g/mol. The fourth-order valence-corrected chi connectivity index (χ4v) is 2.06. The van der Waals surface area contributed by atoms with Crippen molar-refractivity contribution in [3.8, 4) is 0 Å². The molecule has 0 bridgehead atoms. The molecule has 0 amide bonds. The summed E-state index contributed by atoms with van der Waals surface area (Å²) in [5.41, 5.74) is 1.29. The van der Waals surface area contributed by atoms with E-state index in [0.717, 1.165) is 5.56 Å². The third kappa shape index (κ3) is 3.24. The molecule has 0 aliphatic heterocycles. The van der Waals surface area contributed by atoms with Crippen molar-refractivity contribution in [2.75, 3.05) is 23.9 Å². The lowest BCUT2D eigenvalue weighted by Gasteiger charge is -2.11. The van der Waals surface area contributed by atoms with Crippen molar-refractivity contribution in [3.63, 3.8) is 0 Å². The van der Waals surface area contributed by atoms with Crippen LogP contribution in [0.5, 0.6) is 0 Å². The van der Waals surface area contributed by atoms with Gasteiger partial charge in [-0.25, -0.2) is 9.97 Å². The standard InChI is InChI=1S/C13H15N5OS/c1-14-11-10(18-19)12(17-13(16-11)20-2)15-8-9-6-4-3-5-7-9/h3-7H,8H2,1-2H3,(H2,14,15,16,17). The smallest absolute Gasteiger partial charge is 0.192 e. The van der Waals surface area contributed by atoms with Gasteiger partial charge in [0.15, 0.2) is 22.5 Å². The van der Waals surface area contributed by atoms with E-state index in [2.05, 4.69) is 25.8 Å². The van der Waals surface area contributed by atoms with Gasteiger partial charge in [0.25, 0.3) is 0 Å². The topological polar surface area (TPSA) is 79.3 Å². The molecule has 0 spiro atoms. The fourth-order valence-electron chi connectivity index (χ4n) is 1.69. The van der Waals surface area contributed by atoms with E-state index in [9.17, 15) is 4.91 Å². The van der Waals surface area contributed by atoms with Crippen LogP contribution in [0, 0.1) is 4.91 Å². The van der Waals surface area contributed by atoms with Gasteiger partial charge < -0.3 is 10.6 Å². The van der Waals surface area contributed by atoms with Crippen molar-refractivity contribution in [1.29, 1.82) is 0 Å². The van der Waals surface area contributed by atoms with Crippen LogP contribution in [0.3, 0.4) is 0 Å². The van der Waals surface area contributed by atoms with Gasteiger partial charge in [-0.1, -0.05) is 42.1 Å². The van der Waals surface area contributed by atoms with Gasteiger partial charge in [-0.3, -0.25) is 0 Å². The van der Waals surface area contributed by atoms with Crippen LogP contribution in [0.2, 0.25) is 0 Å². The van der Waals surface area contributed by atoms with Gasteiger partial charge in [0.05, 0.1) is 0 Å². The van der Waals surface area contributed by atoms with Gasteiger partial charge in [-0.15, -0.1) is 4.91 Å². The fraction of sp³-hybridized carbons (Fsp3) is 0.231. The summed E-state index contributed by atoms with van der Waals surface area (Å²) in [5.74, 6) is 0.863. The molecule has 104 valence electrons. The normalized spacial score (nSPS) is 10.1. The quantitative estimate of drug-likeness (QED) is 0.483. The summed E-state index contributed by atoms with van der Waals surface area (Å²) in [4.78, 5) is 19.5.